The quantitative estimate of drug-likeness (QED) is 0.871. The molecule has 1 unspecified atom stereocenters. The Bertz CT molecular complexity index is 543. The van der Waals surface area contributed by atoms with Crippen LogP contribution in [0.2, 0.25) is 0 Å². The standard InChI is InChI=1S/C15H18F4N2O/c16-13-4-3-11(15(17,18)19)8-12(13)14(22)21-7-1-2-10(9-21)5-6-20/h3-4,8,10H,1-2,5-7,9,20H2. The van der Waals surface area contributed by atoms with Crippen LogP contribution in [-0.2, 0) is 6.18 Å². The lowest BCUT2D eigenvalue weighted by molar-refractivity contribution is -0.137. The highest BCUT2D eigenvalue weighted by Crippen LogP contribution is 2.31. The second-order valence-corrected chi connectivity index (χ2v) is 5.53. The van der Waals surface area contributed by atoms with Gasteiger partial charge in [0.05, 0.1) is 11.1 Å². The summed E-state index contributed by atoms with van der Waals surface area (Å²) in [5.74, 6) is -1.40. The Balaban J connectivity index is 2.21. The molecule has 3 nitrogen and oxygen atoms in total. The summed E-state index contributed by atoms with van der Waals surface area (Å²) in [5, 5.41) is 0. The molecule has 0 saturated carbocycles. The summed E-state index contributed by atoms with van der Waals surface area (Å²) in [6, 6.07) is 1.92. The highest BCUT2D eigenvalue weighted by molar-refractivity contribution is 5.94. The van der Waals surface area contributed by atoms with Crippen LogP contribution in [0.25, 0.3) is 0 Å². The number of nitrogens with two attached hydrogens (primary N) is 1. The Morgan fingerprint density at radius 3 is 2.73 bits per heavy atom. The van der Waals surface area contributed by atoms with Gasteiger partial charge in [-0.05, 0) is 49.9 Å². The molecule has 0 aliphatic carbocycles. The van der Waals surface area contributed by atoms with Gasteiger partial charge in [0.1, 0.15) is 5.82 Å². The molecule has 0 spiro atoms. The first-order valence-corrected chi connectivity index (χ1v) is 7.19. The first kappa shape index (κ1) is 16.7. The second kappa shape index (κ2) is 6.64. The average Bonchev–Trinajstić information content (AvgIpc) is 2.46. The molecule has 0 radical (unpaired) electrons. The molecule has 0 aromatic heterocycles. The van der Waals surface area contributed by atoms with E-state index >= 15 is 0 Å². The van der Waals surface area contributed by atoms with Crippen molar-refractivity contribution in [3.05, 3.63) is 35.1 Å². The van der Waals surface area contributed by atoms with E-state index in [1.54, 1.807) is 0 Å². The van der Waals surface area contributed by atoms with Crippen LogP contribution in [0.5, 0.6) is 0 Å². The van der Waals surface area contributed by atoms with Crippen LogP contribution in [0.1, 0.15) is 35.2 Å². The molecule has 2 N–H and O–H groups in total. The van der Waals surface area contributed by atoms with Gasteiger partial charge in [0.2, 0.25) is 0 Å². The number of nitrogens with zero attached hydrogens (tertiary/aromatic N) is 1. The van der Waals surface area contributed by atoms with E-state index in [-0.39, 0.29) is 5.92 Å². The summed E-state index contributed by atoms with van der Waals surface area (Å²) in [7, 11) is 0. The molecule has 1 aliphatic rings. The van der Waals surface area contributed by atoms with Crippen molar-refractivity contribution in [2.75, 3.05) is 19.6 Å². The fourth-order valence-corrected chi connectivity index (χ4v) is 2.76. The van der Waals surface area contributed by atoms with Gasteiger partial charge in [-0.15, -0.1) is 0 Å². The van der Waals surface area contributed by atoms with E-state index in [2.05, 4.69) is 0 Å². The zero-order chi connectivity index (χ0) is 16.3. The van der Waals surface area contributed by atoms with Crippen molar-refractivity contribution >= 4 is 5.91 Å². The molecule has 22 heavy (non-hydrogen) atoms. The minimum atomic E-state index is -4.60. The zero-order valence-corrected chi connectivity index (χ0v) is 12.0. The molecular formula is C15H18F4N2O. The monoisotopic (exact) mass is 318 g/mol. The fourth-order valence-electron chi connectivity index (χ4n) is 2.76. The molecular weight excluding hydrogens is 300 g/mol. The number of hydrogen-bond acceptors (Lipinski definition) is 2. The predicted molar refractivity (Wildman–Crippen MR) is 73.7 cm³/mol. The van der Waals surface area contributed by atoms with Crippen LogP contribution in [0.4, 0.5) is 17.6 Å². The van der Waals surface area contributed by atoms with Crippen LogP contribution in [0, 0.1) is 11.7 Å². The number of carbonyl (C=O) groups excluding carboxylic acids is 1. The Morgan fingerprint density at radius 2 is 2.09 bits per heavy atom. The molecule has 1 aliphatic heterocycles. The number of benzene rings is 1. The number of amides is 1. The average molecular weight is 318 g/mol. The van der Waals surface area contributed by atoms with Crippen molar-refractivity contribution in [1.82, 2.24) is 4.90 Å². The first-order valence-electron chi connectivity index (χ1n) is 7.19. The van der Waals surface area contributed by atoms with Gasteiger partial charge in [0.25, 0.3) is 5.91 Å². The van der Waals surface area contributed by atoms with E-state index in [0.717, 1.165) is 19.3 Å². The van der Waals surface area contributed by atoms with Crippen LogP contribution < -0.4 is 5.73 Å². The van der Waals surface area contributed by atoms with E-state index in [4.69, 9.17) is 5.73 Å². The largest absolute Gasteiger partial charge is 0.416 e. The minimum absolute atomic E-state index is 0.219. The summed E-state index contributed by atoms with van der Waals surface area (Å²) >= 11 is 0. The summed E-state index contributed by atoms with van der Waals surface area (Å²) in [6.07, 6.45) is -2.19. The molecule has 1 heterocycles. The van der Waals surface area contributed by atoms with Gasteiger partial charge >= 0.3 is 6.18 Å². The molecule has 2 rings (SSSR count). The molecule has 1 saturated heterocycles. The highest BCUT2D eigenvalue weighted by atomic mass is 19.4. The van der Waals surface area contributed by atoms with Gasteiger partial charge in [-0.25, -0.2) is 4.39 Å². The molecule has 7 heteroatoms. The Kier molecular flexibility index (Phi) is 5.05. The van der Waals surface area contributed by atoms with E-state index in [1.165, 1.54) is 4.90 Å². The number of likely N-dealkylation sites (tertiary alicyclic amines) is 1. The van der Waals surface area contributed by atoms with Crippen LogP contribution in [-0.4, -0.2) is 30.4 Å². The molecule has 1 fully saturated rings. The van der Waals surface area contributed by atoms with Crippen LogP contribution in [0.15, 0.2) is 18.2 Å². The first-order chi connectivity index (χ1) is 10.3. The Labute approximate surface area is 126 Å². The number of hydrogen-bond donors (Lipinski definition) is 1. The number of piperidine rings is 1. The predicted octanol–water partition coefficient (Wildman–Crippen LogP) is 3.05. The van der Waals surface area contributed by atoms with Gasteiger partial charge in [0, 0.05) is 13.1 Å². The minimum Gasteiger partial charge on any atom is -0.338 e. The van der Waals surface area contributed by atoms with E-state index in [9.17, 15) is 22.4 Å². The SMILES string of the molecule is NCCC1CCCN(C(=O)c2cc(C(F)(F)F)ccc2F)C1. The Hall–Kier alpha value is -1.63. The normalized spacial score (nSPS) is 19.3. The second-order valence-electron chi connectivity index (χ2n) is 5.53. The van der Waals surface area contributed by atoms with Crippen molar-refractivity contribution in [3.8, 4) is 0 Å². The van der Waals surface area contributed by atoms with Crippen molar-refractivity contribution < 1.29 is 22.4 Å². The van der Waals surface area contributed by atoms with Crippen molar-refractivity contribution in [2.45, 2.75) is 25.4 Å². The third-order valence-electron chi connectivity index (χ3n) is 3.91. The van der Waals surface area contributed by atoms with Gasteiger partial charge < -0.3 is 10.6 Å². The maximum Gasteiger partial charge on any atom is 0.416 e. The van der Waals surface area contributed by atoms with Crippen LogP contribution in [0.3, 0.4) is 0 Å². The summed E-state index contributed by atoms with van der Waals surface area (Å²) in [5.41, 5.74) is 3.95. The van der Waals surface area contributed by atoms with Gasteiger partial charge in [-0.2, -0.15) is 13.2 Å². The lowest BCUT2D eigenvalue weighted by atomic mass is 9.94. The Morgan fingerprint density at radius 1 is 1.36 bits per heavy atom. The van der Waals surface area contributed by atoms with Gasteiger partial charge in [-0.1, -0.05) is 0 Å². The summed E-state index contributed by atoms with van der Waals surface area (Å²) < 4.78 is 51.9. The van der Waals surface area contributed by atoms with Crippen molar-refractivity contribution in [1.29, 1.82) is 0 Å². The maximum absolute atomic E-state index is 13.8. The molecule has 1 amide bonds. The van der Waals surface area contributed by atoms with E-state index < -0.39 is 29.0 Å². The topological polar surface area (TPSA) is 46.3 Å². The van der Waals surface area contributed by atoms with Crippen LogP contribution >= 0.6 is 0 Å². The van der Waals surface area contributed by atoms with Crippen molar-refractivity contribution in [3.63, 3.8) is 0 Å². The number of halogens is 4. The lowest BCUT2D eigenvalue weighted by Crippen LogP contribution is -2.40. The molecule has 122 valence electrons. The zero-order valence-electron chi connectivity index (χ0n) is 12.0. The van der Waals surface area contributed by atoms with Gasteiger partial charge in [-0.3, -0.25) is 4.79 Å². The van der Waals surface area contributed by atoms with E-state index in [1.807, 2.05) is 0 Å². The lowest BCUT2D eigenvalue weighted by Gasteiger charge is -2.33. The molecule has 1 atom stereocenters. The van der Waals surface area contributed by atoms with Crippen molar-refractivity contribution in [2.24, 2.45) is 11.7 Å². The van der Waals surface area contributed by atoms with Gasteiger partial charge in [0.15, 0.2) is 0 Å². The smallest absolute Gasteiger partial charge is 0.338 e. The summed E-state index contributed by atoms with van der Waals surface area (Å²) in [4.78, 5) is 13.8. The maximum atomic E-state index is 13.8. The molecule has 0 bridgehead atoms. The third kappa shape index (κ3) is 3.76. The molecule has 1 aromatic carbocycles. The number of alkyl halides is 3. The number of rotatable bonds is 3. The number of carbonyl (C=O) groups is 1. The fraction of sp³-hybridized carbons (Fsp3) is 0.533. The van der Waals surface area contributed by atoms with E-state index in [0.29, 0.717) is 37.8 Å². The highest BCUT2D eigenvalue weighted by Gasteiger charge is 2.33. The summed E-state index contributed by atoms with van der Waals surface area (Å²) in [6.45, 7) is 1.33. The third-order valence-corrected chi connectivity index (χ3v) is 3.91. The molecule has 1 aromatic rings.